The van der Waals surface area contributed by atoms with Crippen LogP contribution in [0.5, 0.6) is 0 Å². The summed E-state index contributed by atoms with van der Waals surface area (Å²) in [6, 6.07) is 14.3. The Morgan fingerprint density at radius 1 is 1.03 bits per heavy atom. The average molecular weight is 530 g/mol. The first kappa shape index (κ1) is 22.3. The minimum Gasteiger partial charge on any atom is -0.445 e. The number of sulfonamides is 1. The summed E-state index contributed by atoms with van der Waals surface area (Å²) in [6.07, 6.45) is 4.94. The summed E-state index contributed by atoms with van der Waals surface area (Å²) in [4.78, 5) is 19.0. The lowest BCUT2D eigenvalue weighted by Crippen LogP contribution is -2.52. The molecular formula is C24H24BrN3O4S. The normalized spacial score (nSPS) is 21.2. The van der Waals surface area contributed by atoms with Gasteiger partial charge in [-0.25, -0.2) is 13.2 Å². The highest BCUT2D eigenvalue weighted by Crippen LogP contribution is 2.38. The first-order valence-corrected chi connectivity index (χ1v) is 13.2. The van der Waals surface area contributed by atoms with Crippen LogP contribution in [0.1, 0.15) is 24.8 Å². The van der Waals surface area contributed by atoms with Crippen LogP contribution >= 0.6 is 15.9 Å². The van der Waals surface area contributed by atoms with Crippen LogP contribution in [0.2, 0.25) is 0 Å². The van der Waals surface area contributed by atoms with E-state index >= 15 is 0 Å². The molecule has 7 nitrogen and oxygen atoms in total. The number of piperidine rings is 1. The molecular weight excluding hydrogens is 506 g/mol. The van der Waals surface area contributed by atoms with E-state index in [0.717, 1.165) is 23.8 Å². The molecule has 0 bridgehead atoms. The number of halogens is 1. The molecule has 1 amide bonds. The molecule has 172 valence electrons. The SMILES string of the molecule is O=C(OCc1ccccc1)N1CCCC2C1CCN2S(=O)(=O)c1cccc2cncc(Br)c12. The topological polar surface area (TPSA) is 79.8 Å². The molecule has 3 aromatic rings. The van der Waals surface area contributed by atoms with E-state index in [1.165, 1.54) is 0 Å². The number of nitrogens with zero attached hydrogens (tertiary/aromatic N) is 3. The van der Waals surface area contributed by atoms with Gasteiger partial charge >= 0.3 is 6.09 Å². The molecule has 5 rings (SSSR count). The van der Waals surface area contributed by atoms with Crippen molar-refractivity contribution in [3.05, 3.63) is 71.0 Å². The minimum absolute atomic E-state index is 0.183. The van der Waals surface area contributed by atoms with Crippen LogP contribution in [-0.4, -0.2) is 53.9 Å². The van der Waals surface area contributed by atoms with Crippen LogP contribution < -0.4 is 0 Å². The molecule has 2 fully saturated rings. The molecule has 9 heteroatoms. The van der Waals surface area contributed by atoms with Gasteiger partial charge in [0.25, 0.3) is 0 Å². The molecule has 2 aromatic carbocycles. The molecule has 2 unspecified atom stereocenters. The Morgan fingerprint density at radius 2 is 1.85 bits per heavy atom. The predicted molar refractivity (Wildman–Crippen MR) is 128 cm³/mol. The molecule has 2 saturated heterocycles. The fourth-order valence-electron chi connectivity index (χ4n) is 4.97. The first-order valence-electron chi connectivity index (χ1n) is 11.0. The van der Waals surface area contributed by atoms with Crippen molar-refractivity contribution in [2.45, 2.75) is 42.8 Å². The highest BCUT2D eigenvalue weighted by Gasteiger charge is 2.47. The number of fused-ring (bicyclic) bond motifs is 2. The van der Waals surface area contributed by atoms with Gasteiger partial charge in [0.05, 0.1) is 10.9 Å². The number of carbonyl (C=O) groups excluding carboxylic acids is 1. The Bertz CT molecular complexity index is 1280. The molecule has 0 saturated carbocycles. The maximum atomic E-state index is 13.8. The van der Waals surface area contributed by atoms with E-state index in [4.69, 9.17) is 4.74 Å². The third-order valence-electron chi connectivity index (χ3n) is 6.48. The van der Waals surface area contributed by atoms with E-state index in [2.05, 4.69) is 20.9 Å². The Balaban J connectivity index is 1.38. The van der Waals surface area contributed by atoms with Crippen LogP contribution in [0.25, 0.3) is 10.8 Å². The highest BCUT2D eigenvalue weighted by molar-refractivity contribution is 9.10. The van der Waals surface area contributed by atoms with Crippen molar-refractivity contribution >= 4 is 42.8 Å². The van der Waals surface area contributed by atoms with Crippen LogP contribution in [0.4, 0.5) is 4.79 Å². The van der Waals surface area contributed by atoms with Crippen molar-refractivity contribution < 1.29 is 17.9 Å². The summed E-state index contributed by atoms with van der Waals surface area (Å²) in [5.41, 5.74) is 0.922. The molecule has 2 aliphatic rings. The van der Waals surface area contributed by atoms with Crippen LogP contribution in [0, 0.1) is 0 Å². The maximum Gasteiger partial charge on any atom is 0.410 e. The van der Waals surface area contributed by atoms with Crippen LogP contribution in [0.15, 0.2) is 70.3 Å². The predicted octanol–water partition coefficient (Wildman–Crippen LogP) is 4.56. The fourth-order valence-corrected chi connectivity index (χ4v) is 7.60. The van der Waals surface area contributed by atoms with Crippen LogP contribution in [0.3, 0.4) is 0 Å². The molecule has 2 atom stereocenters. The zero-order valence-electron chi connectivity index (χ0n) is 17.9. The van der Waals surface area contributed by atoms with Crippen molar-refractivity contribution in [1.82, 2.24) is 14.2 Å². The summed E-state index contributed by atoms with van der Waals surface area (Å²) in [7, 11) is -3.77. The van der Waals surface area contributed by atoms with E-state index in [1.54, 1.807) is 33.7 Å². The van der Waals surface area contributed by atoms with Gasteiger partial charge in [0, 0.05) is 46.8 Å². The highest BCUT2D eigenvalue weighted by atomic mass is 79.9. The summed E-state index contributed by atoms with van der Waals surface area (Å²) in [6.45, 7) is 1.15. The molecule has 0 N–H and O–H groups in total. The maximum absolute atomic E-state index is 13.8. The second-order valence-electron chi connectivity index (χ2n) is 8.39. The number of rotatable bonds is 4. The molecule has 0 spiro atoms. The second kappa shape index (κ2) is 9.04. The molecule has 0 aliphatic carbocycles. The van der Waals surface area contributed by atoms with Gasteiger partial charge in [0.1, 0.15) is 6.61 Å². The number of benzene rings is 2. The monoisotopic (exact) mass is 529 g/mol. The van der Waals surface area contributed by atoms with Crippen LogP contribution in [-0.2, 0) is 21.4 Å². The number of amides is 1. The Hall–Kier alpha value is -2.49. The summed E-state index contributed by atoms with van der Waals surface area (Å²) in [5, 5.41) is 1.39. The van der Waals surface area contributed by atoms with Gasteiger partial charge in [-0.3, -0.25) is 4.98 Å². The third-order valence-corrected chi connectivity index (χ3v) is 9.05. The number of likely N-dealkylation sites (tertiary alicyclic amines) is 1. The minimum atomic E-state index is -3.77. The van der Waals surface area contributed by atoms with E-state index < -0.39 is 10.0 Å². The molecule has 0 radical (unpaired) electrons. The number of aromatic nitrogens is 1. The second-order valence-corrected chi connectivity index (χ2v) is 11.1. The van der Waals surface area contributed by atoms with E-state index in [9.17, 15) is 13.2 Å². The van der Waals surface area contributed by atoms with Crippen molar-refractivity contribution in [3.8, 4) is 0 Å². The summed E-state index contributed by atoms with van der Waals surface area (Å²) in [5.74, 6) is 0. The number of pyridine rings is 1. The fraction of sp³-hybridized carbons (Fsp3) is 0.333. The smallest absolute Gasteiger partial charge is 0.410 e. The lowest BCUT2D eigenvalue weighted by molar-refractivity contribution is 0.0606. The van der Waals surface area contributed by atoms with Gasteiger partial charge in [-0.05, 0) is 46.8 Å². The Labute approximate surface area is 201 Å². The van der Waals surface area contributed by atoms with Gasteiger partial charge in [0.2, 0.25) is 10.0 Å². The van der Waals surface area contributed by atoms with Crippen molar-refractivity contribution in [2.75, 3.05) is 13.1 Å². The summed E-state index contributed by atoms with van der Waals surface area (Å²) < 4.78 is 35.4. The average Bonchev–Trinajstić information content (AvgIpc) is 3.28. The number of carbonyl (C=O) groups is 1. The number of ether oxygens (including phenoxy) is 1. The van der Waals surface area contributed by atoms with Gasteiger partial charge in [-0.1, -0.05) is 42.5 Å². The largest absolute Gasteiger partial charge is 0.445 e. The van der Waals surface area contributed by atoms with E-state index in [1.807, 2.05) is 36.4 Å². The third kappa shape index (κ3) is 4.13. The lowest BCUT2D eigenvalue weighted by atomic mass is 9.98. The van der Waals surface area contributed by atoms with Crippen molar-refractivity contribution in [1.29, 1.82) is 0 Å². The number of hydrogen-bond acceptors (Lipinski definition) is 5. The van der Waals surface area contributed by atoms with Gasteiger partial charge < -0.3 is 9.64 Å². The van der Waals surface area contributed by atoms with Crippen molar-refractivity contribution in [3.63, 3.8) is 0 Å². The van der Waals surface area contributed by atoms with E-state index in [-0.39, 0.29) is 29.7 Å². The zero-order chi connectivity index (χ0) is 23.0. The molecule has 33 heavy (non-hydrogen) atoms. The molecule has 1 aromatic heterocycles. The zero-order valence-corrected chi connectivity index (χ0v) is 20.3. The lowest BCUT2D eigenvalue weighted by Gasteiger charge is -2.38. The van der Waals surface area contributed by atoms with Crippen molar-refractivity contribution in [2.24, 2.45) is 0 Å². The summed E-state index contributed by atoms with van der Waals surface area (Å²) >= 11 is 3.47. The molecule has 3 heterocycles. The number of hydrogen-bond donors (Lipinski definition) is 0. The quantitative estimate of drug-likeness (QED) is 0.494. The van der Waals surface area contributed by atoms with E-state index in [0.29, 0.717) is 29.4 Å². The van der Waals surface area contributed by atoms with Gasteiger partial charge in [0.15, 0.2) is 0 Å². The Kier molecular flexibility index (Phi) is 6.11. The Morgan fingerprint density at radius 3 is 2.67 bits per heavy atom. The molecule has 2 aliphatic heterocycles. The van der Waals surface area contributed by atoms with Gasteiger partial charge in [-0.15, -0.1) is 0 Å². The van der Waals surface area contributed by atoms with Gasteiger partial charge in [-0.2, -0.15) is 4.31 Å². The first-order chi connectivity index (χ1) is 16.0. The standard InChI is InChI=1S/C24H24BrN3O4S/c25-19-15-26-14-18-8-4-10-22(23(18)19)33(30,31)28-13-11-20-21(28)9-5-12-27(20)24(29)32-16-17-6-2-1-3-7-17/h1-4,6-8,10,14-15,20-21H,5,9,11-13,16H2.